The van der Waals surface area contributed by atoms with E-state index in [1.165, 1.54) is 0 Å². The zero-order valence-corrected chi connectivity index (χ0v) is 8.07. The summed E-state index contributed by atoms with van der Waals surface area (Å²) in [6.07, 6.45) is 3.79. The Labute approximate surface area is 83.8 Å². The van der Waals surface area contributed by atoms with Crippen LogP contribution in [0, 0.1) is 0 Å². The first-order chi connectivity index (χ1) is 6.92. The van der Waals surface area contributed by atoms with E-state index in [9.17, 15) is 0 Å². The summed E-state index contributed by atoms with van der Waals surface area (Å²) >= 11 is 0. The Bertz CT molecular complexity index is 342. The largest absolute Gasteiger partial charge is 0.493 e. The van der Waals surface area contributed by atoms with Gasteiger partial charge in [0, 0.05) is 18.6 Å². The van der Waals surface area contributed by atoms with Crippen LogP contribution in [-0.2, 0) is 11.2 Å². The molecule has 0 atom stereocenters. The van der Waals surface area contributed by atoms with Crippen molar-refractivity contribution in [1.29, 1.82) is 0 Å². The van der Waals surface area contributed by atoms with Crippen molar-refractivity contribution >= 4 is 5.76 Å². The summed E-state index contributed by atoms with van der Waals surface area (Å²) in [6, 6.07) is 8.07. The predicted octanol–water partition coefficient (Wildman–Crippen LogP) is 1.98. The van der Waals surface area contributed by atoms with Crippen LogP contribution in [0.2, 0.25) is 0 Å². The summed E-state index contributed by atoms with van der Waals surface area (Å²) in [5.41, 5.74) is 2.28. The lowest BCUT2D eigenvalue weighted by atomic mass is 10.0. The van der Waals surface area contributed by atoms with E-state index in [2.05, 4.69) is 6.08 Å². The lowest BCUT2D eigenvalue weighted by Crippen LogP contribution is -1.97. The third-order valence-electron chi connectivity index (χ3n) is 2.37. The Balaban J connectivity index is 2.31. The SMILES string of the molecule is OCCc1ccccc1C1=CCCO1. The minimum Gasteiger partial charge on any atom is -0.493 e. The number of aliphatic hydroxyl groups is 1. The van der Waals surface area contributed by atoms with Gasteiger partial charge in [0.15, 0.2) is 0 Å². The van der Waals surface area contributed by atoms with Crippen LogP contribution in [0.4, 0.5) is 0 Å². The summed E-state index contributed by atoms with van der Waals surface area (Å²) in [7, 11) is 0. The standard InChI is InChI=1S/C12H14O2/c13-8-7-10-4-1-2-5-11(10)12-6-3-9-14-12/h1-2,4-6,13H,3,7-9H2. The van der Waals surface area contributed by atoms with Crippen molar-refractivity contribution in [3.8, 4) is 0 Å². The number of hydrogen-bond acceptors (Lipinski definition) is 2. The summed E-state index contributed by atoms with van der Waals surface area (Å²) in [5, 5.41) is 8.93. The molecule has 1 aliphatic rings. The molecule has 74 valence electrons. The molecule has 2 nitrogen and oxygen atoms in total. The Morgan fingerprint density at radius 3 is 2.86 bits per heavy atom. The fraction of sp³-hybridized carbons (Fsp3) is 0.333. The second-order valence-electron chi connectivity index (χ2n) is 3.34. The van der Waals surface area contributed by atoms with Gasteiger partial charge in [-0.2, -0.15) is 0 Å². The van der Waals surface area contributed by atoms with E-state index in [-0.39, 0.29) is 6.61 Å². The van der Waals surface area contributed by atoms with Gasteiger partial charge in [-0.3, -0.25) is 0 Å². The molecule has 0 unspecified atom stereocenters. The van der Waals surface area contributed by atoms with Gasteiger partial charge in [-0.15, -0.1) is 0 Å². The second-order valence-corrected chi connectivity index (χ2v) is 3.34. The molecule has 0 spiro atoms. The summed E-state index contributed by atoms with van der Waals surface area (Å²) < 4.78 is 5.51. The van der Waals surface area contributed by atoms with Gasteiger partial charge < -0.3 is 9.84 Å². The van der Waals surface area contributed by atoms with Gasteiger partial charge in [0.1, 0.15) is 5.76 Å². The fourth-order valence-electron chi connectivity index (χ4n) is 1.70. The summed E-state index contributed by atoms with van der Waals surface area (Å²) in [4.78, 5) is 0. The Kier molecular flexibility index (Phi) is 2.84. The molecule has 1 heterocycles. The number of benzene rings is 1. The first-order valence-corrected chi connectivity index (χ1v) is 4.94. The Hall–Kier alpha value is -1.28. The van der Waals surface area contributed by atoms with Crippen molar-refractivity contribution in [1.82, 2.24) is 0 Å². The molecule has 0 fully saturated rings. The molecule has 0 saturated heterocycles. The third-order valence-corrected chi connectivity index (χ3v) is 2.37. The Morgan fingerprint density at radius 1 is 1.29 bits per heavy atom. The molecule has 14 heavy (non-hydrogen) atoms. The first kappa shape index (κ1) is 9.28. The molecule has 0 amide bonds. The molecule has 2 rings (SSSR count). The maximum Gasteiger partial charge on any atom is 0.122 e. The van der Waals surface area contributed by atoms with Crippen LogP contribution in [0.3, 0.4) is 0 Å². The van der Waals surface area contributed by atoms with Gasteiger partial charge >= 0.3 is 0 Å². The van der Waals surface area contributed by atoms with Crippen molar-refractivity contribution in [2.24, 2.45) is 0 Å². The second kappa shape index (κ2) is 4.29. The molecule has 1 aromatic carbocycles. The number of ether oxygens (including phenoxy) is 1. The molecule has 0 radical (unpaired) electrons. The number of hydrogen-bond donors (Lipinski definition) is 1. The smallest absolute Gasteiger partial charge is 0.122 e. The molecule has 1 aromatic rings. The normalized spacial score (nSPS) is 15.1. The average molecular weight is 190 g/mol. The van der Waals surface area contributed by atoms with Crippen LogP contribution < -0.4 is 0 Å². The molecule has 1 aliphatic heterocycles. The van der Waals surface area contributed by atoms with Gasteiger partial charge in [0.2, 0.25) is 0 Å². The predicted molar refractivity (Wildman–Crippen MR) is 55.8 cm³/mol. The zero-order valence-electron chi connectivity index (χ0n) is 8.07. The lowest BCUT2D eigenvalue weighted by Gasteiger charge is -2.09. The van der Waals surface area contributed by atoms with Crippen LogP contribution in [-0.4, -0.2) is 18.3 Å². The summed E-state index contributed by atoms with van der Waals surface area (Å²) in [5.74, 6) is 0.967. The zero-order chi connectivity index (χ0) is 9.80. The van der Waals surface area contributed by atoms with E-state index in [4.69, 9.17) is 9.84 Å². The minimum absolute atomic E-state index is 0.185. The molecule has 1 N–H and O–H groups in total. The van der Waals surface area contributed by atoms with Gasteiger partial charge in [-0.05, 0) is 18.1 Å². The Morgan fingerprint density at radius 2 is 2.14 bits per heavy atom. The maximum absolute atomic E-state index is 8.93. The van der Waals surface area contributed by atoms with Crippen molar-refractivity contribution in [2.45, 2.75) is 12.8 Å². The minimum atomic E-state index is 0.185. The molecule has 0 aromatic heterocycles. The van der Waals surface area contributed by atoms with E-state index in [0.29, 0.717) is 6.42 Å². The molecule has 0 aliphatic carbocycles. The van der Waals surface area contributed by atoms with Crippen molar-refractivity contribution < 1.29 is 9.84 Å². The molecular formula is C12H14O2. The lowest BCUT2D eigenvalue weighted by molar-refractivity contribution is 0.297. The van der Waals surface area contributed by atoms with Gasteiger partial charge in [-0.1, -0.05) is 24.3 Å². The van der Waals surface area contributed by atoms with Crippen LogP contribution in [0.15, 0.2) is 30.3 Å². The van der Waals surface area contributed by atoms with Crippen LogP contribution in [0.5, 0.6) is 0 Å². The quantitative estimate of drug-likeness (QED) is 0.789. The van der Waals surface area contributed by atoms with E-state index >= 15 is 0 Å². The average Bonchev–Trinajstić information content (AvgIpc) is 2.72. The van der Waals surface area contributed by atoms with Crippen molar-refractivity contribution in [3.05, 3.63) is 41.5 Å². The van der Waals surface area contributed by atoms with E-state index in [1.54, 1.807) is 0 Å². The van der Waals surface area contributed by atoms with E-state index in [0.717, 1.165) is 29.9 Å². The van der Waals surface area contributed by atoms with Gasteiger partial charge in [0.05, 0.1) is 6.61 Å². The number of rotatable bonds is 3. The van der Waals surface area contributed by atoms with Crippen molar-refractivity contribution in [2.75, 3.05) is 13.2 Å². The molecule has 0 saturated carbocycles. The molecular weight excluding hydrogens is 176 g/mol. The third kappa shape index (κ3) is 1.80. The highest BCUT2D eigenvalue weighted by Gasteiger charge is 2.11. The monoisotopic (exact) mass is 190 g/mol. The number of aliphatic hydroxyl groups excluding tert-OH is 1. The van der Waals surface area contributed by atoms with Gasteiger partial charge in [0.25, 0.3) is 0 Å². The topological polar surface area (TPSA) is 29.5 Å². The van der Waals surface area contributed by atoms with Crippen LogP contribution in [0.25, 0.3) is 5.76 Å². The highest BCUT2D eigenvalue weighted by molar-refractivity contribution is 5.64. The molecule has 2 heteroatoms. The fourth-order valence-corrected chi connectivity index (χ4v) is 1.70. The van der Waals surface area contributed by atoms with Crippen molar-refractivity contribution in [3.63, 3.8) is 0 Å². The van der Waals surface area contributed by atoms with E-state index < -0.39 is 0 Å². The van der Waals surface area contributed by atoms with E-state index in [1.807, 2.05) is 24.3 Å². The molecule has 0 bridgehead atoms. The van der Waals surface area contributed by atoms with Gasteiger partial charge in [-0.25, -0.2) is 0 Å². The van der Waals surface area contributed by atoms with Crippen LogP contribution in [0.1, 0.15) is 17.5 Å². The first-order valence-electron chi connectivity index (χ1n) is 4.94. The van der Waals surface area contributed by atoms with Crippen LogP contribution >= 0.6 is 0 Å². The summed E-state index contributed by atoms with van der Waals surface area (Å²) in [6.45, 7) is 0.965. The highest BCUT2D eigenvalue weighted by atomic mass is 16.5. The maximum atomic E-state index is 8.93. The highest BCUT2D eigenvalue weighted by Crippen LogP contribution is 2.25.